The van der Waals surface area contributed by atoms with E-state index in [4.69, 9.17) is 9.84 Å². The number of aryl methyl sites for hydroxylation is 4. The Kier molecular flexibility index (Phi) is 20.7. The number of rotatable bonds is 18. The minimum atomic E-state index is -0.933. The van der Waals surface area contributed by atoms with Crippen LogP contribution in [0.25, 0.3) is 22.3 Å². The molecule has 6 heteroatoms. The number of ether oxygens (including phenoxy) is 1. The summed E-state index contributed by atoms with van der Waals surface area (Å²) in [5.41, 5.74) is 16.1. The zero-order valence-electron chi connectivity index (χ0n) is 47.2. The van der Waals surface area contributed by atoms with Gasteiger partial charge in [-0.15, -0.1) is 0 Å². The van der Waals surface area contributed by atoms with E-state index in [2.05, 4.69) is 164 Å². The number of carboxylic acids is 1. The Labute approximate surface area is 450 Å². The second kappa shape index (κ2) is 26.2. The molecule has 0 unspecified atom stereocenters. The monoisotopic (exact) mass is 1010 g/mol. The van der Waals surface area contributed by atoms with Crippen molar-refractivity contribution in [2.75, 3.05) is 7.11 Å². The first-order valence-corrected chi connectivity index (χ1v) is 27.2. The van der Waals surface area contributed by atoms with Crippen LogP contribution in [0.2, 0.25) is 0 Å². The molecule has 394 valence electrons. The van der Waals surface area contributed by atoms with Crippen LogP contribution in [0.1, 0.15) is 174 Å². The third kappa shape index (κ3) is 14.0. The van der Waals surface area contributed by atoms with Gasteiger partial charge in [-0.3, -0.25) is 9.59 Å². The number of methoxy groups -OCH3 is 1. The van der Waals surface area contributed by atoms with E-state index in [1.807, 2.05) is 64.1 Å². The lowest BCUT2D eigenvalue weighted by atomic mass is 9.69. The smallest absolute Gasteiger partial charge is 0.309 e. The van der Waals surface area contributed by atoms with Crippen molar-refractivity contribution in [2.45, 2.75) is 169 Å². The van der Waals surface area contributed by atoms with Crippen LogP contribution >= 0.6 is 0 Å². The fourth-order valence-corrected chi connectivity index (χ4v) is 10.5. The van der Waals surface area contributed by atoms with E-state index in [9.17, 15) is 19.8 Å². The van der Waals surface area contributed by atoms with Gasteiger partial charge in [0.2, 0.25) is 0 Å². The Hall–Kier alpha value is -6.70. The Morgan fingerprint density at radius 2 is 0.760 bits per heavy atom. The molecule has 0 fully saturated rings. The van der Waals surface area contributed by atoms with Gasteiger partial charge in [0, 0.05) is 22.0 Å². The first kappa shape index (κ1) is 59.2. The summed E-state index contributed by atoms with van der Waals surface area (Å²) in [6.45, 7) is 25.4. The summed E-state index contributed by atoms with van der Waals surface area (Å²) < 4.78 is 4.78. The number of carbonyl (C=O) groups excluding carboxylic acids is 1. The van der Waals surface area contributed by atoms with Gasteiger partial charge < -0.3 is 20.1 Å². The predicted molar refractivity (Wildman–Crippen MR) is 310 cm³/mol. The van der Waals surface area contributed by atoms with E-state index >= 15 is 0 Å². The highest BCUT2D eigenvalue weighted by molar-refractivity contribution is 5.74. The predicted octanol–water partition coefficient (Wildman–Crippen LogP) is 15.3. The first-order chi connectivity index (χ1) is 35.8. The second-order valence-electron chi connectivity index (χ2n) is 20.4. The highest BCUT2D eigenvalue weighted by Gasteiger charge is 2.33. The van der Waals surface area contributed by atoms with Gasteiger partial charge >= 0.3 is 11.9 Å². The lowest BCUT2D eigenvalue weighted by Crippen LogP contribution is -2.26. The van der Waals surface area contributed by atoms with Crippen LogP contribution in [0, 0.1) is 51.4 Å². The van der Waals surface area contributed by atoms with Gasteiger partial charge in [0.25, 0.3) is 0 Å². The summed E-state index contributed by atoms with van der Waals surface area (Å²) in [7, 11) is 1.41. The van der Waals surface area contributed by atoms with E-state index in [1.54, 1.807) is 0 Å². The molecule has 0 heterocycles. The van der Waals surface area contributed by atoms with Gasteiger partial charge in [0.1, 0.15) is 11.2 Å². The van der Waals surface area contributed by atoms with Gasteiger partial charge in [0.05, 0.1) is 20.0 Å². The molecule has 0 bridgehead atoms. The second-order valence-corrected chi connectivity index (χ2v) is 20.4. The van der Waals surface area contributed by atoms with Crippen LogP contribution < -0.4 is 0 Å². The van der Waals surface area contributed by atoms with Crippen LogP contribution in [0.15, 0.2) is 121 Å². The van der Waals surface area contributed by atoms with Gasteiger partial charge in [-0.05, 0) is 169 Å². The van der Waals surface area contributed by atoms with E-state index in [-0.39, 0.29) is 29.6 Å². The maximum absolute atomic E-state index is 11.6. The zero-order chi connectivity index (χ0) is 55.1. The number of hydrogen-bond acceptors (Lipinski definition) is 5. The molecule has 6 rings (SSSR count). The number of aliphatic carboxylic acids is 1. The lowest BCUT2D eigenvalue weighted by Gasteiger charge is -2.34. The normalized spacial score (nSPS) is 11.6. The molecule has 6 nitrogen and oxygen atoms in total. The SMILES string of the molecule is CCC(O)(C#Cc1ccc(C(CC)(CC)c2ccc(-c3ccc(CC(=O)O)cc3)c(C)c2)cc1C)CC.CCC(O)(C#Cc1ccc(C(CC)(CC)c2ccc(-c3ccc(CC(=O)OC)cc3)c(C)c2)cc1C)CC. The third-order valence-corrected chi connectivity index (χ3v) is 16.2. The molecular weight excluding hydrogens is 925 g/mol. The maximum Gasteiger partial charge on any atom is 0.309 e. The number of benzene rings is 6. The van der Waals surface area contributed by atoms with E-state index in [1.165, 1.54) is 46.1 Å². The molecule has 0 aliphatic heterocycles. The molecule has 6 aromatic carbocycles. The number of carbonyl (C=O) groups is 2. The van der Waals surface area contributed by atoms with Crippen LogP contribution in [0.4, 0.5) is 0 Å². The average Bonchev–Trinajstić information content (AvgIpc) is 3.42. The molecule has 0 amide bonds. The number of esters is 1. The third-order valence-electron chi connectivity index (χ3n) is 16.2. The first-order valence-electron chi connectivity index (χ1n) is 27.2. The van der Waals surface area contributed by atoms with Crippen molar-refractivity contribution in [1.82, 2.24) is 0 Å². The van der Waals surface area contributed by atoms with Gasteiger partial charge in [-0.1, -0.05) is 188 Å². The van der Waals surface area contributed by atoms with Crippen molar-refractivity contribution in [3.63, 3.8) is 0 Å². The fourth-order valence-electron chi connectivity index (χ4n) is 10.5. The van der Waals surface area contributed by atoms with E-state index in [0.717, 1.165) is 75.8 Å². The average molecular weight is 1010 g/mol. The van der Waals surface area contributed by atoms with Crippen molar-refractivity contribution < 1.29 is 29.6 Å². The quantitative estimate of drug-likeness (QED) is 0.0585. The summed E-state index contributed by atoms with van der Waals surface area (Å²) in [6, 6.07) is 42.7. The molecule has 3 N–H and O–H groups in total. The summed E-state index contributed by atoms with van der Waals surface area (Å²) in [6.07, 6.45) is 6.71. The standard InChI is InChI=1S/C35H42O3.C34H40O3/c1-8-34(37,9-2)21-20-28-16-17-30(22-25(28)5)35(10-3,11-4)31-18-19-32(26(6)23-31)29-14-12-27(13-15-29)24-33(36)38-7;1-7-33(37,8-2)20-19-27-15-16-29(21-24(27)5)34(9-3,10-4)30-17-18-31(25(6)22-30)28-13-11-26(12-14-28)23-32(35)36/h12-19,22-23,37H,8-11,24H2,1-7H3;11-18,21-22,37H,7-10,23H2,1-6H3,(H,35,36). The van der Waals surface area contributed by atoms with Crippen molar-refractivity contribution >= 4 is 11.9 Å². The number of aliphatic hydroxyl groups is 2. The topological polar surface area (TPSA) is 104 Å². The minimum Gasteiger partial charge on any atom is -0.481 e. The molecule has 0 aliphatic rings. The highest BCUT2D eigenvalue weighted by Crippen LogP contribution is 2.43. The molecule has 0 spiro atoms. The molecule has 75 heavy (non-hydrogen) atoms. The summed E-state index contributed by atoms with van der Waals surface area (Å²) in [5, 5.41) is 30.2. The van der Waals surface area contributed by atoms with E-state index in [0.29, 0.717) is 25.7 Å². The van der Waals surface area contributed by atoms with Gasteiger partial charge in [-0.25, -0.2) is 0 Å². The van der Waals surface area contributed by atoms with Crippen molar-refractivity contribution in [3.8, 4) is 45.9 Å². The summed E-state index contributed by atoms with van der Waals surface area (Å²) >= 11 is 0. The minimum absolute atomic E-state index is 0.0373. The van der Waals surface area contributed by atoms with Crippen molar-refractivity contribution in [1.29, 1.82) is 0 Å². The van der Waals surface area contributed by atoms with Crippen molar-refractivity contribution in [2.24, 2.45) is 0 Å². The van der Waals surface area contributed by atoms with Crippen LogP contribution in [-0.4, -0.2) is 45.6 Å². The van der Waals surface area contributed by atoms with Crippen LogP contribution in [0.3, 0.4) is 0 Å². The Balaban J connectivity index is 0.000000277. The number of hydrogen-bond donors (Lipinski definition) is 3. The van der Waals surface area contributed by atoms with Crippen molar-refractivity contribution in [3.05, 3.63) is 188 Å². The summed E-state index contributed by atoms with van der Waals surface area (Å²) in [5.74, 6) is 11.6. The molecule has 0 aromatic heterocycles. The molecular formula is C69H82O6. The Morgan fingerprint density at radius 1 is 0.440 bits per heavy atom. The van der Waals surface area contributed by atoms with Crippen LogP contribution in [0.5, 0.6) is 0 Å². The lowest BCUT2D eigenvalue weighted by molar-refractivity contribution is -0.140. The molecule has 0 radical (unpaired) electrons. The molecule has 0 saturated heterocycles. The van der Waals surface area contributed by atoms with Gasteiger partial charge in [-0.2, -0.15) is 0 Å². The molecule has 0 saturated carbocycles. The largest absolute Gasteiger partial charge is 0.481 e. The summed E-state index contributed by atoms with van der Waals surface area (Å²) in [4.78, 5) is 22.6. The highest BCUT2D eigenvalue weighted by atomic mass is 16.5. The molecule has 0 atom stereocenters. The number of carboxylic acid groups (broad SMARTS) is 1. The van der Waals surface area contributed by atoms with Gasteiger partial charge in [0.15, 0.2) is 0 Å². The maximum atomic E-state index is 11.6. The zero-order valence-corrected chi connectivity index (χ0v) is 47.2. The molecule has 6 aromatic rings. The fraction of sp³-hybridized carbons (Fsp3) is 0.391. The van der Waals surface area contributed by atoms with Crippen LogP contribution in [-0.2, 0) is 38.0 Å². The molecule has 0 aliphatic carbocycles. The van der Waals surface area contributed by atoms with E-state index < -0.39 is 17.2 Å². The Morgan fingerprint density at radius 3 is 1.04 bits per heavy atom. The Bertz CT molecular complexity index is 3030.